The predicted molar refractivity (Wildman–Crippen MR) is 69.7 cm³/mol. The van der Waals surface area contributed by atoms with Gasteiger partial charge in [-0.15, -0.1) is 0 Å². The van der Waals surface area contributed by atoms with Crippen molar-refractivity contribution in [2.24, 2.45) is 17.8 Å². The summed E-state index contributed by atoms with van der Waals surface area (Å²) >= 11 is 0. The minimum Gasteiger partial charge on any atom is -0.356 e. The van der Waals surface area contributed by atoms with Gasteiger partial charge in [-0.1, -0.05) is 32.6 Å². The lowest BCUT2D eigenvalue weighted by Crippen LogP contribution is -2.44. The second kappa shape index (κ2) is 6.39. The van der Waals surface area contributed by atoms with Crippen molar-refractivity contribution in [1.82, 2.24) is 10.6 Å². The molecule has 0 radical (unpaired) electrons. The van der Waals surface area contributed by atoms with E-state index in [-0.39, 0.29) is 5.91 Å². The van der Waals surface area contributed by atoms with E-state index in [1.165, 1.54) is 32.1 Å². The molecule has 17 heavy (non-hydrogen) atoms. The smallest absolute Gasteiger partial charge is 0.220 e. The lowest BCUT2D eigenvalue weighted by atomic mass is 9.81. The van der Waals surface area contributed by atoms with Gasteiger partial charge in [0.1, 0.15) is 0 Å². The summed E-state index contributed by atoms with van der Waals surface area (Å²) in [6, 6.07) is 0. The van der Waals surface area contributed by atoms with Gasteiger partial charge in [-0.25, -0.2) is 0 Å². The molecule has 0 aromatic heterocycles. The highest BCUT2D eigenvalue weighted by molar-refractivity contribution is 5.76. The van der Waals surface area contributed by atoms with E-state index in [1.807, 2.05) is 0 Å². The van der Waals surface area contributed by atoms with Crippen LogP contribution in [0.15, 0.2) is 0 Å². The average Bonchev–Trinajstić information content (AvgIpc) is 2.26. The van der Waals surface area contributed by atoms with Gasteiger partial charge in [0.05, 0.1) is 0 Å². The summed E-state index contributed by atoms with van der Waals surface area (Å²) in [6.45, 7) is 5.28. The predicted octanol–water partition coefficient (Wildman–Crippen LogP) is 1.93. The molecule has 0 unspecified atom stereocenters. The minimum atomic E-state index is 0.251. The van der Waals surface area contributed by atoms with Crippen LogP contribution in [0.1, 0.15) is 45.4 Å². The van der Waals surface area contributed by atoms with Gasteiger partial charge in [0.25, 0.3) is 0 Å². The van der Waals surface area contributed by atoms with Crippen molar-refractivity contribution in [3.8, 4) is 0 Å². The molecule has 2 N–H and O–H groups in total. The van der Waals surface area contributed by atoms with Crippen LogP contribution in [0, 0.1) is 17.8 Å². The Bertz CT molecular complexity index is 243. The zero-order chi connectivity index (χ0) is 12.1. The SMILES string of the molecule is CC1CCC(CCNC(=O)CC2CNC2)CC1. The Kier molecular flexibility index (Phi) is 4.84. The zero-order valence-corrected chi connectivity index (χ0v) is 11.0. The average molecular weight is 238 g/mol. The Morgan fingerprint density at radius 3 is 2.47 bits per heavy atom. The van der Waals surface area contributed by atoms with Crippen LogP contribution in [0.25, 0.3) is 0 Å². The second-order valence-corrected chi connectivity index (χ2v) is 5.99. The van der Waals surface area contributed by atoms with E-state index in [4.69, 9.17) is 0 Å². The first-order valence-electron chi connectivity index (χ1n) is 7.21. The number of carbonyl (C=O) groups excluding carboxylic acids is 1. The summed E-state index contributed by atoms with van der Waals surface area (Å²) in [5, 5.41) is 6.27. The molecule has 0 bridgehead atoms. The number of hydrogen-bond donors (Lipinski definition) is 2. The fraction of sp³-hybridized carbons (Fsp3) is 0.929. The standard InChI is InChI=1S/C14H26N2O/c1-11-2-4-12(5-3-11)6-7-16-14(17)8-13-9-15-10-13/h11-13,15H,2-10H2,1H3,(H,16,17). The summed E-state index contributed by atoms with van der Waals surface area (Å²) in [5.41, 5.74) is 0. The van der Waals surface area contributed by atoms with Crippen LogP contribution in [0.4, 0.5) is 0 Å². The maximum absolute atomic E-state index is 11.6. The number of hydrogen-bond acceptors (Lipinski definition) is 2. The third-order valence-electron chi connectivity index (χ3n) is 4.35. The Morgan fingerprint density at radius 1 is 1.18 bits per heavy atom. The maximum atomic E-state index is 11.6. The first-order valence-corrected chi connectivity index (χ1v) is 7.21. The number of rotatable bonds is 5. The molecule has 1 aliphatic carbocycles. The molecule has 1 amide bonds. The molecule has 3 heteroatoms. The fourth-order valence-corrected chi connectivity index (χ4v) is 2.86. The van der Waals surface area contributed by atoms with Gasteiger partial charge in [-0.3, -0.25) is 4.79 Å². The number of nitrogens with one attached hydrogen (secondary N) is 2. The van der Waals surface area contributed by atoms with Gasteiger partial charge in [-0.2, -0.15) is 0 Å². The van der Waals surface area contributed by atoms with Crippen LogP contribution in [-0.2, 0) is 4.79 Å². The lowest BCUT2D eigenvalue weighted by molar-refractivity contribution is -0.122. The van der Waals surface area contributed by atoms with Crippen molar-refractivity contribution < 1.29 is 4.79 Å². The Balaban J connectivity index is 1.51. The van der Waals surface area contributed by atoms with E-state index in [9.17, 15) is 4.79 Å². The lowest BCUT2D eigenvalue weighted by Gasteiger charge is -2.27. The summed E-state index contributed by atoms with van der Waals surface area (Å²) in [6.07, 6.45) is 7.39. The largest absolute Gasteiger partial charge is 0.356 e. The van der Waals surface area contributed by atoms with Crippen molar-refractivity contribution in [2.75, 3.05) is 19.6 Å². The molecular formula is C14H26N2O. The monoisotopic (exact) mass is 238 g/mol. The maximum Gasteiger partial charge on any atom is 0.220 e. The highest BCUT2D eigenvalue weighted by atomic mass is 16.1. The quantitative estimate of drug-likeness (QED) is 0.768. The molecule has 0 aromatic rings. The molecule has 2 fully saturated rings. The van der Waals surface area contributed by atoms with Gasteiger partial charge in [0.2, 0.25) is 5.91 Å². The molecule has 0 aromatic carbocycles. The normalized spacial score (nSPS) is 29.7. The first-order chi connectivity index (χ1) is 8.24. The van der Waals surface area contributed by atoms with Crippen LogP contribution in [0.2, 0.25) is 0 Å². The van der Waals surface area contributed by atoms with Crippen LogP contribution >= 0.6 is 0 Å². The van der Waals surface area contributed by atoms with Crippen molar-refractivity contribution in [1.29, 1.82) is 0 Å². The molecule has 1 saturated heterocycles. The summed E-state index contributed by atoms with van der Waals surface area (Å²) in [7, 11) is 0. The van der Waals surface area contributed by atoms with E-state index in [0.717, 1.165) is 31.5 Å². The summed E-state index contributed by atoms with van der Waals surface area (Å²) in [5.74, 6) is 2.62. The second-order valence-electron chi connectivity index (χ2n) is 5.99. The highest BCUT2D eigenvalue weighted by Crippen LogP contribution is 2.29. The first kappa shape index (κ1) is 12.9. The zero-order valence-electron chi connectivity index (χ0n) is 11.0. The van der Waals surface area contributed by atoms with E-state index in [1.54, 1.807) is 0 Å². The molecule has 2 aliphatic rings. The van der Waals surface area contributed by atoms with E-state index in [0.29, 0.717) is 12.3 Å². The summed E-state index contributed by atoms with van der Waals surface area (Å²) < 4.78 is 0. The Labute approximate surface area is 105 Å². The van der Waals surface area contributed by atoms with Crippen molar-refractivity contribution in [3.63, 3.8) is 0 Å². The number of carbonyl (C=O) groups is 1. The molecule has 1 saturated carbocycles. The van der Waals surface area contributed by atoms with Gasteiger partial charge in [-0.05, 0) is 37.3 Å². The van der Waals surface area contributed by atoms with Gasteiger partial charge < -0.3 is 10.6 Å². The van der Waals surface area contributed by atoms with E-state index in [2.05, 4.69) is 17.6 Å². The minimum absolute atomic E-state index is 0.251. The van der Waals surface area contributed by atoms with Crippen LogP contribution < -0.4 is 10.6 Å². The molecule has 1 heterocycles. The highest BCUT2D eigenvalue weighted by Gasteiger charge is 2.21. The number of amides is 1. The fourth-order valence-electron chi connectivity index (χ4n) is 2.86. The van der Waals surface area contributed by atoms with Crippen LogP contribution in [-0.4, -0.2) is 25.5 Å². The third kappa shape index (κ3) is 4.30. The van der Waals surface area contributed by atoms with Crippen LogP contribution in [0.5, 0.6) is 0 Å². The van der Waals surface area contributed by atoms with Gasteiger partial charge >= 0.3 is 0 Å². The van der Waals surface area contributed by atoms with Crippen molar-refractivity contribution >= 4 is 5.91 Å². The molecule has 0 atom stereocenters. The third-order valence-corrected chi connectivity index (χ3v) is 4.35. The van der Waals surface area contributed by atoms with Crippen molar-refractivity contribution in [2.45, 2.75) is 45.4 Å². The van der Waals surface area contributed by atoms with E-state index < -0.39 is 0 Å². The molecule has 3 nitrogen and oxygen atoms in total. The molecule has 2 rings (SSSR count). The Hall–Kier alpha value is -0.570. The van der Waals surface area contributed by atoms with Gasteiger partial charge in [0, 0.05) is 13.0 Å². The molecular weight excluding hydrogens is 212 g/mol. The summed E-state index contributed by atoms with van der Waals surface area (Å²) in [4.78, 5) is 11.6. The Morgan fingerprint density at radius 2 is 1.88 bits per heavy atom. The van der Waals surface area contributed by atoms with Gasteiger partial charge in [0.15, 0.2) is 0 Å². The molecule has 1 aliphatic heterocycles. The van der Waals surface area contributed by atoms with Crippen LogP contribution in [0.3, 0.4) is 0 Å². The molecule has 98 valence electrons. The van der Waals surface area contributed by atoms with Crippen molar-refractivity contribution in [3.05, 3.63) is 0 Å². The topological polar surface area (TPSA) is 41.1 Å². The molecule has 0 spiro atoms. The van der Waals surface area contributed by atoms with E-state index >= 15 is 0 Å².